The van der Waals surface area contributed by atoms with E-state index in [9.17, 15) is 9.59 Å². The van der Waals surface area contributed by atoms with Crippen LogP contribution in [0.4, 0.5) is 0 Å². The highest BCUT2D eigenvalue weighted by Crippen LogP contribution is 2.29. The first kappa shape index (κ1) is 15.6. The number of aryl methyl sites for hydroxylation is 3. The van der Waals surface area contributed by atoms with E-state index in [2.05, 4.69) is 20.5 Å². The van der Waals surface area contributed by atoms with Gasteiger partial charge in [-0.15, -0.1) is 0 Å². The molecule has 3 aromatic rings. The third-order valence-corrected chi connectivity index (χ3v) is 4.87. The highest BCUT2D eigenvalue weighted by molar-refractivity contribution is 6.05. The lowest BCUT2D eigenvalue weighted by Gasteiger charge is -2.24. The number of carbonyl (C=O) groups is 1. The lowest BCUT2D eigenvalue weighted by atomic mass is 9.92. The van der Waals surface area contributed by atoms with Gasteiger partial charge in [0.25, 0.3) is 11.5 Å². The zero-order valence-electron chi connectivity index (χ0n) is 14.5. The molecule has 0 radical (unpaired) electrons. The second kappa shape index (κ2) is 5.58. The fraction of sp³-hybridized carbons (Fsp3) is 0.412. The molecule has 0 aliphatic heterocycles. The number of hydrogen-bond acceptors (Lipinski definition) is 4. The molecule has 4 rings (SSSR count). The van der Waals surface area contributed by atoms with Crippen molar-refractivity contribution in [1.82, 2.24) is 29.9 Å². The average molecular weight is 340 g/mol. The highest BCUT2D eigenvalue weighted by atomic mass is 16.2. The molecule has 0 spiro atoms. The maximum atomic E-state index is 12.9. The second-order valence-corrected chi connectivity index (χ2v) is 6.60. The Kier molecular flexibility index (Phi) is 3.48. The molecule has 0 unspecified atom stereocenters. The van der Waals surface area contributed by atoms with Crippen LogP contribution in [0.3, 0.4) is 0 Å². The van der Waals surface area contributed by atoms with E-state index in [4.69, 9.17) is 0 Å². The van der Waals surface area contributed by atoms with Gasteiger partial charge in [-0.25, -0.2) is 4.98 Å². The Morgan fingerprint density at radius 1 is 1.40 bits per heavy atom. The zero-order valence-corrected chi connectivity index (χ0v) is 14.5. The van der Waals surface area contributed by atoms with E-state index in [1.807, 2.05) is 24.9 Å². The van der Waals surface area contributed by atoms with Crippen molar-refractivity contribution in [2.24, 2.45) is 14.1 Å². The van der Waals surface area contributed by atoms with Crippen molar-refractivity contribution in [2.75, 3.05) is 0 Å². The molecule has 3 heterocycles. The number of H-pyrrole nitrogens is 1. The number of nitrogens with one attached hydrogen (secondary N) is 2. The third-order valence-electron chi connectivity index (χ3n) is 4.87. The van der Waals surface area contributed by atoms with Crippen molar-refractivity contribution >= 4 is 16.9 Å². The molecular weight excluding hydrogens is 320 g/mol. The summed E-state index contributed by atoms with van der Waals surface area (Å²) in [5.74, 6) is -0.256. The fourth-order valence-corrected chi connectivity index (χ4v) is 3.66. The zero-order chi connectivity index (χ0) is 17.7. The fourth-order valence-electron chi connectivity index (χ4n) is 3.66. The van der Waals surface area contributed by atoms with Crippen molar-refractivity contribution in [1.29, 1.82) is 0 Å². The van der Waals surface area contributed by atoms with Crippen LogP contribution in [0.25, 0.3) is 11.0 Å². The number of hydrogen-bond donors (Lipinski definition) is 2. The van der Waals surface area contributed by atoms with Gasteiger partial charge in [-0.05, 0) is 32.3 Å². The lowest BCUT2D eigenvalue weighted by Crippen LogP contribution is -2.31. The standard InChI is InChI=1S/C17H20N6O2/c1-9-7-10(14-15(19-9)23(3)21-17(14)25)16(24)20-12-5-4-6-13-11(12)8-18-22(13)2/h7-8,12H,4-6H2,1-3H3,(H,20,24)(H,21,25)/t12-/m0/s1. The molecule has 8 nitrogen and oxygen atoms in total. The molecule has 25 heavy (non-hydrogen) atoms. The quantitative estimate of drug-likeness (QED) is 0.730. The van der Waals surface area contributed by atoms with Gasteiger partial charge in [0.2, 0.25) is 0 Å². The average Bonchev–Trinajstić information content (AvgIpc) is 3.08. The van der Waals surface area contributed by atoms with Crippen LogP contribution in [0.2, 0.25) is 0 Å². The molecule has 130 valence electrons. The Balaban J connectivity index is 1.73. The summed E-state index contributed by atoms with van der Waals surface area (Å²) < 4.78 is 3.41. The van der Waals surface area contributed by atoms with Crippen molar-refractivity contribution in [3.8, 4) is 0 Å². The van der Waals surface area contributed by atoms with Crippen molar-refractivity contribution in [3.63, 3.8) is 0 Å². The molecular formula is C17H20N6O2. The predicted octanol–water partition coefficient (Wildman–Crippen LogP) is 1.11. The summed E-state index contributed by atoms with van der Waals surface area (Å²) in [5.41, 5.74) is 3.45. The molecule has 1 aliphatic rings. The summed E-state index contributed by atoms with van der Waals surface area (Å²) in [6.07, 6.45) is 4.65. The number of amides is 1. The summed E-state index contributed by atoms with van der Waals surface area (Å²) in [7, 11) is 3.63. The molecule has 3 aromatic heterocycles. The minimum absolute atomic E-state index is 0.0868. The first-order chi connectivity index (χ1) is 12.0. The summed E-state index contributed by atoms with van der Waals surface area (Å²) >= 11 is 0. The molecule has 1 atom stereocenters. The molecule has 2 N–H and O–H groups in total. The molecule has 0 fully saturated rings. The van der Waals surface area contributed by atoms with Gasteiger partial charge in [0.15, 0.2) is 5.65 Å². The SMILES string of the molecule is Cc1cc(C(=O)N[C@H]2CCCc3c2cnn3C)c2c(=O)[nH]n(C)c2n1. The Morgan fingerprint density at radius 3 is 3.00 bits per heavy atom. The van der Waals surface area contributed by atoms with E-state index in [0.717, 1.165) is 30.5 Å². The molecule has 0 saturated heterocycles. The van der Waals surface area contributed by atoms with E-state index in [0.29, 0.717) is 22.3 Å². The van der Waals surface area contributed by atoms with Crippen molar-refractivity contribution < 1.29 is 4.79 Å². The smallest absolute Gasteiger partial charge is 0.274 e. The summed E-state index contributed by atoms with van der Waals surface area (Å²) in [6.45, 7) is 1.81. The van der Waals surface area contributed by atoms with Crippen LogP contribution in [-0.4, -0.2) is 30.5 Å². The van der Waals surface area contributed by atoms with Crippen LogP contribution < -0.4 is 10.9 Å². The second-order valence-electron chi connectivity index (χ2n) is 6.60. The summed E-state index contributed by atoms with van der Waals surface area (Å²) in [4.78, 5) is 29.5. The Morgan fingerprint density at radius 2 is 2.20 bits per heavy atom. The number of nitrogens with zero attached hydrogens (tertiary/aromatic N) is 4. The molecule has 1 aliphatic carbocycles. The van der Waals surface area contributed by atoms with Crippen LogP contribution in [0.15, 0.2) is 17.1 Å². The van der Waals surface area contributed by atoms with E-state index in [1.165, 1.54) is 0 Å². The Labute approximate surface area is 143 Å². The van der Waals surface area contributed by atoms with Crippen molar-refractivity contribution in [3.05, 3.63) is 45.1 Å². The minimum Gasteiger partial charge on any atom is -0.345 e. The highest BCUT2D eigenvalue weighted by Gasteiger charge is 2.26. The van der Waals surface area contributed by atoms with Gasteiger partial charge in [0.1, 0.15) is 0 Å². The van der Waals surface area contributed by atoms with E-state index < -0.39 is 0 Å². The molecule has 0 saturated carbocycles. The minimum atomic E-state index is -0.305. The monoisotopic (exact) mass is 340 g/mol. The van der Waals surface area contributed by atoms with Crippen LogP contribution >= 0.6 is 0 Å². The van der Waals surface area contributed by atoms with Gasteiger partial charge in [-0.2, -0.15) is 5.10 Å². The predicted molar refractivity (Wildman–Crippen MR) is 92.4 cm³/mol. The first-order valence-corrected chi connectivity index (χ1v) is 8.33. The number of carbonyl (C=O) groups excluding carboxylic acids is 1. The number of fused-ring (bicyclic) bond motifs is 2. The van der Waals surface area contributed by atoms with Gasteiger partial charge in [0, 0.05) is 31.0 Å². The van der Waals surface area contributed by atoms with E-state index >= 15 is 0 Å². The number of aromatic amines is 1. The molecule has 0 bridgehead atoms. The topological polar surface area (TPSA) is 97.6 Å². The van der Waals surface area contributed by atoms with E-state index in [-0.39, 0.29) is 17.5 Å². The third kappa shape index (κ3) is 2.45. The largest absolute Gasteiger partial charge is 0.345 e. The normalized spacial score (nSPS) is 16.8. The lowest BCUT2D eigenvalue weighted by molar-refractivity contribution is 0.0934. The Bertz CT molecular complexity index is 1040. The number of pyridine rings is 1. The maximum Gasteiger partial charge on any atom is 0.274 e. The number of rotatable bonds is 2. The number of aromatic nitrogens is 5. The summed E-state index contributed by atoms with van der Waals surface area (Å²) in [6, 6.07) is 1.58. The maximum absolute atomic E-state index is 12.9. The van der Waals surface area contributed by atoms with Gasteiger partial charge in [-0.3, -0.25) is 24.1 Å². The van der Waals surface area contributed by atoms with Crippen LogP contribution in [0.5, 0.6) is 0 Å². The van der Waals surface area contributed by atoms with Gasteiger partial charge < -0.3 is 5.32 Å². The Hall–Kier alpha value is -2.90. The van der Waals surface area contributed by atoms with Crippen LogP contribution in [-0.2, 0) is 20.5 Å². The molecule has 0 aromatic carbocycles. The van der Waals surface area contributed by atoms with Crippen molar-refractivity contribution in [2.45, 2.75) is 32.2 Å². The van der Waals surface area contributed by atoms with Gasteiger partial charge in [-0.1, -0.05) is 0 Å². The molecule has 1 amide bonds. The molecule has 8 heteroatoms. The van der Waals surface area contributed by atoms with E-state index in [1.54, 1.807) is 17.8 Å². The van der Waals surface area contributed by atoms with Crippen LogP contribution in [0, 0.1) is 6.92 Å². The first-order valence-electron chi connectivity index (χ1n) is 8.33. The van der Waals surface area contributed by atoms with Gasteiger partial charge in [0.05, 0.1) is 23.2 Å². The van der Waals surface area contributed by atoms with Crippen LogP contribution in [0.1, 0.15) is 46.2 Å². The van der Waals surface area contributed by atoms with Gasteiger partial charge >= 0.3 is 0 Å². The summed E-state index contributed by atoms with van der Waals surface area (Å²) in [5, 5.41) is 10.4.